The number of carbonyl (C=O) groups excluding carboxylic acids is 2. The Bertz CT molecular complexity index is 1490. The van der Waals surface area contributed by atoms with Crippen LogP contribution in [0.5, 0.6) is 28.7 Å². The topological polar surface area (TPSA) is 124 Å². The lowest BCUT2D eigenvalue weighted by Gasteiger charge is -2.41. The van der Waals surface area contributed by atoms with Gasteiger partial charge in [-0.15, -0.1) is 0 Å². The van der Waals surface area contributed by atoms with Crippen LogP contribution in [-0.4, -0.2) is 68.5 Å². The minimum Gasteiger partial charge on any atom is -0.504 e. The number of methoxy groups -OCH3 is 3. The fraction of sp³-hybridized carbons (Fsp3) is 0.355. The lowest BCUT2D eigenvalue weighted by Crippen LogP contribution is -2.53. The van der Waals surface area contributed by atoms with Crippen molar-refractivity contribution in [3.05, 3.63) is 77.4 Å². The van der Waals surface area contributed by atoms with Gasteiger partial charge in [0.15, 0.2) is 28.8 Å². The minimum absolute atomic E-state index is 0.192. The number of hydrogen-bond donors (Lipinski definition) is 2. The average Bonchev–Trinajstić information content (AvgIpc) is 3.34. The highest BCUT2D eigenvalue weighted by molar-refractivity contribution is 5.84. The second-order valence-electron chi connectivity index (χ2n) is 10.4. The van der Waals surface area contributed by atoms with Gasteiger partial charge in [-0.25, -0.2) is 0 Å². The number of benzene rings is 3. The summed E-state index contributed by atoms with van der Waals surface area (Å²) in [6.45, 7) is 1.22. The normalized spacial score (nSPS) is 25.9. The molecule has 1 amide bonds. The molecule has 10 nitrogen and oxygen atoms in total. The maximum absolute atomic E-state index is 14.0. The van der Waals surface area contributed by atoms with E-state index in [0.29, 0.717) is 16.9 Å². The SMILES string of the molecule is COc1cc(OC)c2c(c1)O[C@@]1(c3ccc(OC)c(O)c3)[C@H](c3ccccc3)[C@@H](C(=O)N(C)C)[C@@H](OC(C)=O)[C@@]21O. The molecule has 5 atom stereocenters. The lowest BCUT2D eigenvalue weighted by molar-refractivity contribution is -0.184. The van der Waals surface area contributed by atoms with E-state index in [4.69, 9.17) is 23.7 Å². The van der Waals surface area contributed by atoms with Crippen LogP contribution in [0, 0.1) is 5.92 Å². The molecule has 0 radical (unpaired) electrons. The van der Waals surface area contributed by atoms with Crippen molar-refractivity contribution in [3.8, 4) is 28.7 Å². The summed E-state index contributed by atoms with van der Waals surface area (Å²) in [5, 5.41) is 24.1. The summed E-state index contributed by atoms with van der Waals surface area (Å²) in [6.07, 6.45) is -1.42. The van der Waals surface area contributed by atoms with Crippen LogP contribution in [0.25, 0.3) is 0 Å². The van der Waals surface area contributed by atoms with Gasteiger partial charge in [0.25, 0.3) is 0 Å². The van der Waals surface area contributed by atoms with E-state index < -0.39 is 35.1 Å². The predicted octanol–water partition coefficient (Wildman–Crippen LogP) is 3.33. The van der Waals surface area contributed by atoms with Gasteiger partial charge in [-0.05, 0) is 17.7 Å². The summed E-state index contributed by atoms with van der Waals surface area (Å²) in [6, 6.07) is 16.9. The second kappa shape index (κ2) is 10.2. The first-order valence-corrected chi connectivity index (χ1v) is 13.0. The van der Waals surface area contributed by atoms with Crippen LogP contribution in [0.4, 0.5) is 0 Å². The zero-order valence-corrected chi connectivity index (χ0v) is 23.7. The molecule has 216 valence electrons. The third kappa shape index (κ3) is 3.96. The molecule has 10 heteroatoms. The van der Waals surface area contributed by atoms with Crippen molar-refractivity contribution in [2.24, 2.45) is 5.92 Å². The standard InChI is InChI=1S/C31H33NO9/c1-17(33)40-28-25(29(35)32(2)3)26(18-10-8-7-9-11-18)31(19-12-13-22(38-5)21(34)14-19)30(28,36)27-23(39-6)15-20(37-4)16-24(27)41-31/h7-16,25-26,28,34,36H,1-6H3/t25-,26-,28-,30+,31+/m1/s1. The van der Waals surface area contributed by atoms with Crippen molar-refractivity contribution in [3.63, 3.8) is 0 Å². The summed E-state index contributed by atoms with van der Waals surface area (Å²) in [7, 11) is 7.54. The van der Waals surface area contributed by atoms with Gasteiger partial charge in [0.1, 0.15) is 17.2 Å². The number of amides is 1. The molecule has 0 saturated heterocycles. The van der Waals surface area contributed by atoms with Crippen molar-refractivity contribution in [1.82, 2.24) is 4.90 Å². The van der Waals surface area contributed by atoms with Gasteiger partial charge in [0.2, 0.25) is 5.91 Å². The fourth-order valence-electron chi connectivity index (χ4n) is 6.47. The number of phenolic OH excluding ortho intramolecular Hbond substituents is 1. The van der Waals surface area contributed by atoms with Crippen molar-refractivity contribution in [2.75, 3.05) is 35.4 Å². The molecule has 2 aliphatic rings. The van der Waals surface area contributed by atoms with Crippen LogP contribution in [0.3, 0.4) is 0 Å². The smallest absolute Gasteiger partial charge is 0.303 e. The summed E-state index contributed by atoms with van der Waals surface area (Å²) in [5.74, 6) is -2.27. The predicted molar refractivity (Wildman–Crippen MR) is 147 cm³/mol. The maximum atomic E-state index is 14.0. The third-order valence-corrected chi connectivity index (χ3v) is 8.03. The number of rotatable bonds is 7. The maximum Gasteiger partial charge on any atom is 0.303 e. The van der Waals surface area contributed by atoms with Gasteiger partial charge >= 0.3 is 5.97 Å². The van der Waals surface area contributed by atoms with Crippen molar-refractivity contribution in [2.45, 2.75) is 30.1 Å². The van der Waals surface area contributed by atoms with E-state index >= 15 is 0 Å². The first kappa shape index (κ1) is 28.1. The highest BCUT2D eigenvalue weighted by Crippen LogP contribution is 2.71. The largest absolute Gasteiger partial charge is 0.504 e. The van der Waals surface area contributed by atoms with Crippen molar-refractivity contribution in [1.29, 1.82) is 0 Å². The number of fused-ring (bicyclic) bond motifs is 3. The van der Waals surface area contributed by atoms with E-state index in [1.54, 1.807) is 38.4 Å². The summed E-state index contributed by atoms with van der Waals surface area (Å²) >= 11 is 0. The average molecular weight is 564 g/mol. The number of aliphatic hydroxyl groups is 1. The number of hydrogen-bond acceptors (Lipinski definition) is 9. The number of phenols is 1. The number of nitrogens with zero attached hydrogens (tertiary/aromatic N) is 1. The molecule has 3 aromatic carbocycles. The fourth-order valence-corrected chi connectivity index (χ4v) is 6.47. The van der Waals surface area contributed by atoms with Gasteiger partial charge in [-0.2, -0.15) is 0 Å². The second-order valence-corrected chi connectivity index (χ2v) is 10.4. The van der Waals surface area contributed by atoms with Gasteiger partial charge in [-0.1, -0.05) is 36.4 Å². The molecule has 41 heavy (non-hydrogen) atoms. The molecule has 1 fully saturated rings. The first-order chi connectivity index (χ1) is 19.5. The Morgan fingerprint density at radius 2 is 1.61 bits per heavy atom. The minimum atomic E-state index is -2.18. The third-order valence-electron chi connectivity index (χ3n) is 8.03. The molecule has 5 rings (SSSR count). The Balaban J connectivity index is 1.95. The first-order valence-electron chi connectivity index (χ1n) is 13.0. The molecular weight excluding hydrogens is 530 g/mol. The van der Waals surface area contributed by atoms with Crippen LogP contribution >= 0.6 is 0 Å². The Labute approximate surface area is 238 Å². The number of carbonyl (C=O) groups is 2. The van der Waals surface area contributed by atoms with Crippen LogP contribution in [0.15, 0.2) is 60.7 Å². The van der Waals surface area contributed by atoms with Crippen LogP contribution < -0.4 is 18.9 Å². The summed E-state index contributed by atoms with van der Waals surface area (Å²) in [4.78, 5) is 28.1. The Morgan fingerprint density at radius 1 is 0.927 bits per heavy atom. The zero-order chi connectivity index (χ0) is 29.7. The van der Waals surface area contributed by atoms with Crippen LogP contribution in [0.1, 0.15) is 29.5 Å². The van der Waals surface area contributed by atoms with E-state index in [-0.39, 0.29) is 34.5 Å². The number of esters is 1. The van der Waals surface area contributed by atoms with Crippen LogP contribution in [0.2, 0.25) is 0 Å². The molecule has 0 spiro atoms. The van der Waals surface area contributed by atoms with E-state index in [0.717, 1.165) is 0 Å². The van der Waals surface area contributed by atoms with Gasteiger partial charge in [0, 0.05) is 44.6 Å². The van der Waals surface area contributed by atoms with Gasteiger partial charge in [0.05, 0.1) is 32.8 Å². The molecule has 1 saturated carbocycles. The molecular formula is C31H33NO9. The Hall–Kier alpha value is -4.44. The zero-order valence-electron chi connectivity index (χ0n) is 23.7. The number of aromatic hydroxyl groups is 1. The molecule has 2 N–H and O–H groups in total. The molecule has 1 heterocycles. The lowest BCUT2D eigenvalue weighted by atomic mass is 9.70. The van der Waals surface area contributed by atoms with Crippen LogP contribution in [-0.2, 0) is 25.5 Å². The van der Waals surface area contributed by atoms with E-state index in [1.165, 1.54) is 39.2 Å². The van der Waals surface area contributed by atoms with Crippen molar-refractivity contribution < 1.29 is 43.5 Å². The molecule has 0 unspecified atom stereocenters. The summed E-state index contributed by atoms with van der Waals surface area (Å²) in [5.41, 5.74) is -2.80. The number of ether oxygens (including phenoxy) is 5. The Kier molecular flexibility index (Phi) is 6.98. The molecule has 1 aliphatic carbocycles. The highest BCUT2D eigenvalue weighted by Gasteiger charge is 2.79. The highest BCUT2D eigenvalue weighted by atomic mass is 16.6. The Morgan fingerprint density at radius 3 is 2.17 bits per heavy atom. The van der Waals surface area contributed by atoms with E-state index in [2.05, 4.69) is 0 Å². The van der Waals surface area contributed by atoms with Gasteiger partial charge in [-0.3, -0.25) is 9.59 Å². The van der Waals surface area contributed by atoms with E-state index in [9.17, 15) is 19.8 Å². The van der Waals surface area contributed by atoms with Gasteiger partial charge < -0.3 is 38.8 Å². The summed E-state index contributed by atoms with van der Waals surface area (Å²) < 4.78 is 29.2. The monoisotopic (exact) mass is 563 g/mol. The quantitative estimate of drug-likeness (QED) is 0.417. The van der Waals surface area contributed by atoms with Crippen molar-refractivity contribution >= 4 is 11.9 Å². The molecule has 0 bridgehead atoms. The molecule has 3 aromatic rings. The van der Waals surface area contributed by atoms with E-state index in [1.807, 2.05) is 30.3 Å². The molecule has 1 aliphatic heterocycles. The molecule has 0 aromatic heterocycles.